The number of aromatic nitrogens is 1. The molecule has 7 heteroatoms. The number of methoxy groups -OCH3 is 1. The Morgan fingerprint density at radius 1 is 1.20 bits per heavy atom. The highest BCUT2D eigenvalue weighted by Crippen LogP contribution is 2.24. The largest absolute Gasteiger partial charge is 0.497 e. The van der Waals surface area contributed by atoms with Crippen LogP contribution in [0.15, 0.2) is 53.1 Å². The fourth-order valence-corrected chi connectivity index (χ4v) is 2.39. The van der Waals surface area contributed by atoms with Gasteiger partial charge in [-0.1, -0.05) is 16.8 Å². The van der Waals surface area contributed by atoms with Crippen molar-refractivity contribution in [3.63, 3.8) is 0 Å². The Morgan fingerprint density at radius 2 is 1.96 bits per heavy atom. The Bertz CT molecular complexity index is 892. The molecule has 25 heavy (non-hydrogen) atoms. The van der Waals surface area contributed by atoms with E-state index in [2.05, 4.69) is 5.16 Å². The summed E-state index contributed by atoms with van der Waals surface area (Å²) in [5, 5.41) is 3.85. The Morgan fingerprint density at radius 3 is 2.64 bits per heavy atom. The van der Waals surface area contributed by atoms with E-state index in [1.165, 1.54) is 6.07 Å². The van der Waals surface area contributed by atoms with Gasteiger partial charge in [0.2, 0.25) is 0 Å². The van der Waals surface area contributed by atoms with Crippen molar-refractivity contribution in [1.29, 1.82) is 0 Å². The second-order valence-corrected chi connectivity index (χ2v) is 5.52. The normalized spacial score (nSPS) is 10.5. The van der Waals surface area contributed by atoms with Crippen LogP contribution in [0.3, 0.4) is 0 Å². The van der Waals surface area contributed by atoms with E-state index in [-0.39, 0.29) is 17.2 Å². The Kier molecular flexibility index (Phi) is 5.00. The molecule has 0 atom stereocenters. The first-order chi connectivity index (χ1) is 12.1. The van der Waals surface area contributed by atoms with Gasteiger partial charge in [0.1, 0.15) is 23.9 Å². The predicted molar refractivity (Wildman–Crippen MR) is 89.0 cm³/mol. The minimum Gasteiger partial charge on any atom is -0.497 e. The SMILES string of the molecule is COc1ccc(-c2cc(COC(=O)c3ccc(F)cc3Cl)no2)cc1. The molecule has 1 aromatic heterocycles. The zero-order chi connectivity index (χ0) is 17.8. The number of nitrogens with zero attached hydrogens (tertiary/aromatic N) is 1. The van der Waals surface area contributed by atoms with Crippen LogP contribution in [0.1, 0.15) is 16.1 Å². The van der Waals surface area contributed by atoms with Gasteiger partial charge in [0, 0.05) is 11.6 Å². The lowest BCUT2D eigenvalue weighted by molar-refractivity contribution is 0.0464. The third-order valence-electron chi connectivity index (χ3n) is 3.44. The highest BCUT2D eigenvalue weighted by Gasteiger charge is 2.14. The molecule has 0 spiro atoms. The van der Waals surface area contributed by atoms with Crippen molar-refractivity contribution < 1.29 is 23.2 Å². The first-order valence-electron chi connectivity index (χ1n) is 7.29. The van der Waals surface area contributed by atoms with Crippen LogP contribution in [-0.4, -0.2) is 18.2 Å². The molecule has 2 aromatic carbocycles. The summed E-state index contributed by atoms with van der Waals surface area (Å²) in [5.74, 6) is 0.0725. The maximum Gasteiger partial charge on any atom is 0.340 e. The second kappa shape index (κ2) is 7.36. The van der Waals surface area contributed by atoms with Gasteiger partial charge in [0.05, 0.1) is 17.7 Å². The van der Waals surface area contributed by atoms with Crippen molar-refractivity contribution in [2.24, 2.45) is 0 Å². The number of carbonyl (C=O) groups is 1. The molecule has 0 unspecified atom stereocenters. The topological polar surface area (TPSA) is 61.6 Å². The van der Waals surface area contributed by atoms with Gasteiger partial charge in [-0.3, -0.25) is 0 Å². The van der Waals surface area contributed by atoms with Crippen molar-refractivity contribution >= 4 is 17.6 Å². The van der Waals surface area contributed by atoms with Crippen LogP contribution < -0.4 is 4.74 Å². The van der Waals surface area contributed by atoms with E-state index in [0.717, 1.165) is 23.4 Å². The quantitative estimate of drug-likeness (QED) is 0.626. The predicted octanol–water partition coefficient (Wildman–Crippen LogP) is 4.50. The molecule has 0 aliphatic heterocycles. The van der Waals surface area contributed by atoms with E-state index in [1.807, 2.05) is 12.1 Å². The van der Waals surface area contributed by atoms with E-state index >= 15 is 0 Å². The molecule has 0 aliphatic carbocycles. The molecule has 5 nitrogen and oxygen atoms in total. The monoisotopic (exact) mass is 361 g/mol. The van der Waals surface area contributed by atoms with Gasteiger partial charge in [0.25, 0.3) is 0 Å². The third kappa shape index (κ3) is 3.97. The van der Waals surface area contributed by atoms with Gasteiger partial charge in [-0.05, 0) is 42.5 Å². The van der Waals surface area contributed by atoms with Crippen molar-refractivity contribution in [1.82, 2.24) is 5.16 Å². The fourth-order valence-electron chi connectivity index (χ4n) is 2.14. The lowest BCUT2D eigenvalue weighted by atomic mass is 10.1. The summed E-state index contributed by atoms with van der Waals surface area (Å²) in [6.45, 7) is -0.0911. The Balaban J connectivity index is 1.66. The minimum atomic E-state index is -0.668. The third-order valence-corrected chi connectivity index (χ3v) is 3.75. The summed E-state index contributed by atoms with van der Waals surface area (Å²) in [6, 6.07) is 12.4. The van der Waals surface area contributed by atoms with Crippen LogP contribution >= 0.6 is 11.6 Å². The van der Waals surface area contributed by atoms with E-state index in [0.29, 0.717) is 11.5 Å². The summed E-state index contributed by atoms with van der Waals surface area (Å²) < 4.78 is 28.5. The maximum atomic E-state index is 13.0. The van der Waals surface area contributed by atoms with Crippen LogP contribution in [0, 0.1) is 5.82 Å². The lowest BCUT2D eigenvalue weighted by Gasteiger charge is -2.04. The molecule has 0 N–H and O–H groups in total. The first kappa shape index (κ1) is 17.0. The zero-order valence-electron chi connectivity index (χ0n) is 13.2. The number of carbonyl (C=O) groups excluding carboxylic acids is 1. The van der Waals surface area contributed by atoms with Gasteiger partial charge in [0.15, 0.2) is 5.76 Å². The summed E-state index contributed by atoms with van der Waals surface area (Å²) in [7, 11) is 1.59. The molecule has 1 heterocycles. The molecule has 0 radical (unpaired) electrons. The van der Waals surface area contributed by atoms with Crippen molar-refractivity contribution in [2.75, 3.05) is 7.11 Å². The van der Waals surface area contributed by atoms with Crippen molar-refractivity contribution in [3.8, 4) is 17.1 Å². The number of benzene rings is 2. The number of ether oxygens (including phenoxy) is 2. The van der Waals surface area contributed by atoms with Crippen molar-refractivity contribution in [3.05, 3.63) is 70.6 Å². The Labute approximate surface area is 147 Å². The lowest BCUT2D eigenvalue weighted by Crippen LogP contribution is -2.06. The van der Waals surface area contributed by atoms with Gasteiger partial charge < -0.3 is 14.0 Å². The van der Waals surface area contributed by atoms with Gasteiger partial charge in [-0.25, -0.2) is 9.18 Å². The summed E-state index contributed by atoms with van der Waals surface area (Å²) >= 11 is 5.83. The van der Waals surface area contributed by atoms with Crippen LogP contribution in [0.5, 0.6) is 5.75 Å². The number of esters is 1. The Hall–Kier alpha value is -2.86. The highest BCUT2D eigenvalue weighted by molar-refractivity contribution is 6.33. The average Bonchev–Trinajstić information content (AvgIpc) is 3.09. The van der Waals surface area contributed by atoms with Crippen LogP contribution in [0.2, 0.25) is 5.02 Å². The smallest absolute Gasteiger partial charge is 0.340 e. The van der Waals surface area contributed by atoms with Crippen LogP contribution in [-0.2, 0) is 11.3 Å². The molecule has 0 saturated carbocycles. The molecule has 0 amide bonds. The molecule has 0 bridgehead atoms. The molecular formula is C18H13ClFNO4. The molecular weight excluding hydrogens is 349 g/mol. The molecule has 0 aliphatic rings. The van der Waals surface area contributed by atoms with Crippen molar-refractivity contribution in [2.45, 2.75) is 6.61 Å². The molecule has 3 aromatic rings. The van der Waals surface area contributed by atoms with E-state index in [1.54, 1.807) is 25.3 Å². The second-order valence-electron chi connectivity index (χ2n) is 5.11. The molecule has 0 saturated heterocycles. The molecule has 0 fully saturated rings. The average molecular weight is 362 g/mol. The van der Waals surface area contributed by atoms with Gasteiger partial charge >= 0.3 is 5.97 Å². The van der Waals surface area contributed by atoms with E-state index in [4.69, 9.17) is 25.6 Å². The summed E-state index contributed by atoms with van der Waals surface area (Å²) in [6.07, 6.45) is 0. The van der Waals surface area contributed by atoms with E-state index in [9.17, 15) is 9.18 Å². The molecule has 3 rings (SSSR count). The van der Waals surface area contributed by atoms with Gasteiger partial charge in [-0.15, -0.1) is 0 Å². The fraction of sp³-hybridized carbons (Fsp3) is 0.111. The van der Waals surface area contributed by atoms with Crippen LogP contribution in [0.25, 0.3) is 11.3 Å². The first-order valence-corrected chi connectivity index (χ1v) is 7.67. The number of halogens is 2. The highest BCUT2D eigenvalue weighted by atomic mass is 35.5. The van der Waals surface area contributed by atoms with Gasteiger partial charge in [-0.2, -0.15) is 0 Å². The standard InChI is InChI=1S/C18H13ClFNO4/c1-23-14-5-2-11(3-6-14)17-9-13(21-25-17)10-24-18(22)15-7-4-12(20)8-16(15)19/h2-9H,10H2,1H3. The number of hydrogen-bond donors (Lipinski definition) is 0. The summed E-state index contributed by atoms with van der Waals surface area (Å²) in [4.78, 5) is 12.0. The molecule has 128 valence electrons. The summed E-state index contributed by atoms with van der Waals surface area (Å²) in [5.41, 5.74) is 1.34. The minimum absolute atomic E-state index is 0.0101. The maximum absolute atomic E-state index is 13.0. The number of rotatable bonds is 5. The number of hydrogen-bond acceptors (Lipinski definition) is 5. The zero-order valence-corrected chi connectivity index (χ0v) is 13.9. The van der Waals surface area contributed by atoms with E-state index < -0.39 is 11.8 Å². The van der Waals surface area contributed by atoms with Crippen LogP contribution in [0.4, 0.5) is 4.39 Å².